The zero-order chi connectivity index (χ0) is 12.3. The van der Waals surface area contributed by atoms with Gasteiger partial charge in [0.25, 0.3) is 5.91 Å². The van der Waals surface area contributed by atoms with E-state index in [1.807, 2.05) is 24.3 Å². The Kier molecular flexibility index (Phi) is 3.35. The molecule has 4 heteroatoms. The predicted octanol–water partition coefficient (Wildman–Crippen LogP) is 1.26. The number of para-hydroxylation sites is 1. The molecule has 1 aromatic heterocycles. The summed E-state index contributed by atoms with van der Waals surface area (Å²) in [5, 5.41) is 9.72. The second kappa shape index (κ2) is 4.93. The molecule has 0 fully saturated rings. The van der Waals surface area contributed by atoms with E-state index in [4.69, 9.17) is 10.8 Å². The summed E-state index contributed by atoms with van der Waals surface area (Å²) in [6.45, 7) is 0.0761. The van der Waals surface area contributed by atoms with Gasteiger partial charge in [-0.25, -0.2) is 0 Å². The van der Waals surface area contributed by atoms with Crippen molar-refractivity contribution >= 4 is 16.8 Å². The first-order chi connectivity index (χ1) is 8.22. The zero-order valence-electron chi connectivity index (χ0n) is 9.39. The molecule has 0 saturated heterocycles. The van der Waals surface area contributed by atoms with Crippen LogP contribution in [0.1, 0.15) is 22.5 Å². The fourth-order valence-corrected chi connectivity index (χ4v) is 1.81. The highest BCUT2D eigenvalue weighted by Gasteiger charge is 2.10. The van der Waals surface area contributed by atoms with Crippen LogP contribution in [0.2, 0.25) is 0 Å². The number of primary amides is 1. The third kappa shape index (κ3) is 2.42. The van der Waals surface area contributed by atoms with Gasteiger partial charge in [0.05, 0.1) is 16.8 Å². The second-order valence-corrected chi connectivity index (χ2v) is 3.87. The number of hydrogen-bond donors (Lipinski definition) is 2. The van der Waals surface area contributed by atoms with Crippen molar-refractivity contribution in [1.82, 2.24) is 4.98 Å². The number of carbonyl (C=O) groups excluding carboxylic acids is 1. The second-order valence-electron chi connectivity index (χ2n) is 3.87. The van der Waals surface area contributed by atoms with Crippen molar-refractivity contribution in [2.75, 3.05) is 6.61 Å². The van der Waals surface area contributed by atoms with E-state index in [0.29, 0.717) is 24.1 Å². The lowest BCUT2D eigenvalue weighted by atomic mass is 10.1. The maximum Gasteiger partial charge on any atom is 0.250 e. The number of benzene rings is 1. The van der Waals surface area contributed by atoms with Gasteiger partial charge >= 0.3 is 0 Å². The number of rotatable bonds is 4. The van der Waals surface area contributed by atoms with Crippen LogP contribution in [-0.4, -0.2) is 22.6 Å². The van der Waals surface area contributed by atoms with Crippen LogP contribution in [0.3, 0.4) is 0 Å². The molecule has 0 aliphatic carbocycles. The van der Waals surface area contributed by atoms with E-state index in [0.717, 1.165) is 10.9 Å². The molecule has 2 aromatic rings. The molecule has 0 spiro atoms. The molecular weight excluding hydrogens is 216 g/mol. The topological polar surface area (TPSA) is 76.2 Å². The first-order valence-corrected chi connectivity index (χ1v) is 5.51. The summed E-state index contributed by atoms with van der Waals surface area (Å²) in [4.78, 5) is 15.8. The minimum atomic E-state index is -0.476. The number of pyridine rings is 1. The van der Waals surface area contributed by atoms with Crippen molar-refractivity contribution in [3.05, 3.63) is 41.6 Å². The van der Waals surface area contributed by atoms with Gasteiger partial charge in [0, 0.05) is 12.0 Å². The molecule has 0 radical (unpaired) electrons. The maximum atomic E-state index is 11.3. The smallest absolute Gasteiger partial charge is 0.250 e. The van der Waals surface area contributed by atoms with Crippen LogP contribution in [0.15, 0.2) is 30.3 Å². The van der Waals surface area contributed by atoms with Crippen LogP contribution in [0.4, 0.5) is 0 Å². The number of hydrogen-bond acceptors (Lipinski definition) is 3. The molecule has 0 unspecified atom stereocenters. The molecule has 2 rings (SSSR count). The van der Waals surface area contributed by atoms with Crippen molar-refractivity contribution in [2.45, 2.75) is 12.8 Å². The van der Waals surface area contributed by atoms with E-state index in [1.165, 1.54) is 0 Å². The lowest BCUT2D eigenvalue weighted by Crippen LogP contribution is -2.15. The van der Waals surface area contributed by atoms with Gasteiger partial charge in [-0.3, -0.25) is 9.78 Å². The average molecular weight is 230 g/mol. The van der Waals surface area contributed by atoms with Crippen molar-refractivity contribution < 1.29 is 9.90 Å². The van der Waals surface area contributed by atoms with Gasteiger partial charge in [-0.1, -0.05) is 18.2 Å². The maximum absolute atomic E-state index is 11.3. The Bertz CT molecular complexity index is 552. The van der Waals surface area contributed by atoms with Crippen LogP contribution in [0, 0.1) is 0 Å². The van der Waals surface area contributed by atoms with Crippen LogP contribution >= 0.6 is 0 Å². The van der Waals surface area contributed by atoms with Crippen molar-refractivity contribution in [1.29, 1.82) is 0 Å². The number of aryl methyl sites for hydroxylation is 1. The van der Waals surface area contributed by atoms with Crippen LogP contribution < -0.4 is 5.73 Å². The normalized spacial score (nSPS) is 10.6. The Labute approximate surface area is 99.1 Å². The lowest BCUT2D eigenvalue weighted by molar-refractivity contribution is 0.0999. The molecule has 0 saturated carbocycles. The molecule has 3 N–H and O–H groups in total. The third-order valence-corrected chi connectivity index (χ3v) is 2.64. The highest BCUT2D eigenvalue weighted by molar-refractivity contribution is 5.97. The van der Waals surface area contributed by atoms with Gasteiger partial charge in [-0.2, -0.15) is 0 Å². The van der Waals surface area contributed by atoms with E-state index >= 15 is 0 Å². The minimum absolute atomic E-state index is 0.0761. The molecule has 1 amide bonds. The van der Waals surface area contributed by atoms with E-state index < -0.39 is 5.91 Å². The third-order valence-electron chi connectivity index (χ3n) is 2.64. The number of amides is 1. The molecule has 0 aliphatic heterocycles. The SMILES string of the molecule is NC(=O)c1cc2ccccc2nc1CCCO. The quantitative estimate of drug-likeness (QED) is 0.830. The molecular formula is C13H14N2O2. The molecule has 1 heterocycles. The molecule has 1 aromatic carbocycles. The number of aliphatic hydroxyl groups is 1. The van der Waals surface area contributed by atoms with Gasteiger partial charge < -0.3 is 10.8 Å². The molecule has 4 nitrogen and oxygen atoms in total. The summed E-state index contributed by atoms with van der Waals surface area (Å²) in [5.41, 5.74) is 7.27. The summed E-state index contributed by atoms with van der Waals surface area (Å²) in [7, 11) is 0. The zero-order valence-corrected chi connectivity index (χ0v) is 9.39. The highest BCUT2D eigenvalue weighted by atomic mass is 16.2. The van der Waals surface area contributed by atoms with E-state index in [9.17, 15) is 4.79 Å². The minimum Gasteiger partial charge on any atom is -0.396 e. The summed E-state index contributed by atoms with van der Waals surface area (Å²) in [6, 6.07) is 9.34. The first-order valence-electron chi connectivity index (χ1n) is 5.51. The Morgan fingerprint density at radius 1 is 1.35 bits per heavy atom. The summed E-state index contributed by atoms with van der Waals surface area (Å²) in [5.74, 6) is -0.476. The lowest BCUT2D eigenvalue weighted by Gasteiger charge is -2.07. The van der Waals surface area contributed by atoms with E-state index in [2.05, 4.69) is 4.98 Å². The summed E-state index contributed by atoms with van der Waals surface area (Å²) < 4.78 is 0. The predicted molar refractivity (Wildman–Crippen MR) is 65.7 cm³/mol. The number of nitrogens with two attached hydrogens (primary N) is 1. The summed E-state index contributed by atoms with van der Waals surface area (Å²) in [6.07, 6.45) is 1.13. The molecule has 0 atom stereocenters. The number of carbonyl (C=O) groups is 1. The van der Waals surface area contributed by atoms with Gasteiger partial charge in [0.2, 0.25) is 0 Å². The number of nitrogens with zero attached hydrogens (tertiary/aromatic N) is 1. The number of aromatic nitrogens is 1. The number of aliphatic hydroxyl groups excluding tert-OH is 1. The Balaban J connectivity index is 2.54. The Morgan fingerprint density at radius 2 is 2.12 bits per heavy atom. The Hall–Kier alpha value is -1.94. The fraction of sp³-hybridized carbons (Fsp3) is 0.231. The Morgan fingerprint density at radius 3 is 2.82 bits per heavy atom. The van der Waals surface area contributed by atoms with Gasteiger partial charge in [0.1, 0.15) is 0 Å². The van der Waals surface area contributed by atoms with E-state index in [1.54, 1.807) is 6.07 Å². The largest absolute Gasteiger partial charge is 0.396 e. The first kappa shape index (κ1) is 11.5. The van der Waals surface area contributed by atoms with Gasteiger partial charge in [-0.15, -0.1) is 0 Å². The number of fused-ring (bicyclic) bond motifs is 1. The van der Waals surface area contributed by atoms with Gasteiger partial charge in [-0.05, 0) is 25.0 Å². The molecule has 0 aliphatic rings. The van der Waals surface area contributed by atoms with Gasteiger partial charge in [0.15, 0.2) is 0 Å². The van der Waals surface area contributed by atoms with Crippen LogP contribution in [0.25, 0.3) is 10.9 Å². The average Bonchev–Trinajstić information content (AvgIpc) is 2.35. The standard InChI is InChI=1S/C13H14N2O2/c14-13(17)10-8-9-4-1-2-5-11(9)15-12(10)6-3-7-16/h1-2,4-5,8,16H,3,6-7H2,(H2,14,17). The van der Waals surface area contributed by atoms with Crippen molar-refractivity contribution in [3.8, 4) is 0 Å². The fourth-order valence-electron chi connectivity index (χ4n) is 1.81. The monoisotopic (exact) mass is 230 g/mol. The summed E-state index contributed by atoms with van der Waals surface area (Å²) >= 11 is 0. The van der Waals surface area contributed by atoms with Crippen molar-refractivity contribution in [3.63, 3.8) is 0 Å². The molecule has 88 valence electrons. The van der Waals surface area contributed by atoms with Crippen molar-refractivity contribution in [2.24, 2.45) is 5.73 Å². The van der Waals surface area contributed by atoms with Crippen LogP contribution in [-0.2, 0) is 6.42 Å². The molecule has 0 bridgehead atoms. The highest BCUT2D eigenvalue weighted by Crippen LogP contribution is 2.17. The van der Waals surface area contributed by atoms with Crippen LogP contribution in [0.5, 0.6) is 0 Å². The van der Waals surface area contributed by atoms with E-state index in [-0.39, 0.29) is 6.61 Å². The molecule has 17 heavy (non-hydrogen) atoms.